The van der Waals surface area contributed by atoms with Gasteiger partial charge in [-0.15, -0.1) is 0 Å². The summed E-state index contributed by atoms with van der Waals surface area (Å²) in [5, 5.41) is 3.24. The number of rotatable bonds is 7. The zero-order valence-electron chi connectivity index (χ0n) is 14.2. The highest BCUT2D eigenvalue weighted by Gasteiger charge is 2.40. The Morgan fingerprint density at radius 2 is 2.00 bits per heavy atom. The van der Waals surface area contributed by atoms with Crippen molar-refractivity contribution in [3.05, 3.63) is 28.8 Å². The lowest BCUT2D eigenvalue weighted by molar-refractivity contribution is -0.152. The molecule has 0 heterocycles. The van der Waals surface area contributed by atoms with Crippen LogP contribution in [0.3, 0.4) is 0 Å². The van der Waals surface area contributed by atoms with Crippen molar-refractivity contribution in [1.82, 2.24) is 5.32 Å². The van der Waals surface area contributed by atoms with Crippen molar-refractivity contribution in [1.29, 1.82) is 0 Å². The summed E-state index contributed by atoms with van der Waals surface area (Å²) in [4.78, 5) is 24.6. The van der Waals surface area contributed by atoms with E-state index >= 15 is 0 Å². The maximum absolute atomic E-state index is 12.5. The standard InChI is InChI=1S/C17H24ClNO4/c1-6-11(2)17(3,16(21)23-5)19-15(20)10-12-13(18)8-7-9-14(12)22-4/h7-9,11H,6,10H2,1-5H3,(H,19,20). The summed E-state index contributed by atoms with van der Waals surface area (Å²) in [5.74, 6) is -0.320. The molecular weight excluding hydrogens is 318 g/mol. The Kier molecular flexibility index (Phi) is 6.88. The van der Waals surface area contributed by atoms with E-state index < -0.39 is 11.5 Å². The van der Waals surface area contributed by atoms with Gasteiger partial charge in [-0.25, -0.2) is 4.79 Å². The van der Waals surface area contributed by atoms with Gasteiger partial charge in [-0.2, -0.15) is 0 Å². The summed E-state index contributed by atoms with van der Waals surface area (Å²) in [5.41, 5.74) is -0.500. The molecule has 0 aliphatic rings. The second-order valence-corrected chi connectivity index (χ2v) is 6.06. The average molecular weight is 342 g/mol. The zero-order valence-corrected chi connectivity index (χ0v) is 15.0. The van der Waals surface area contributed by atoms with Gasteiger partial charge in [0.05, 0.1) is 20.6 Å². The van der Waals surface area contributed by atoms with Gasteiger partial charge in [0.25, 0.3) is 0 Å². The van der Waals surface area contributed by atoms with Crippen LogP contribution in [-0.4, -0.2) is 31.6 Å². The predicted octanol–water partition coefficient (Wildman–Crippen LogP) is 2.99. The van der Waals surface area contributed by atoms with Crippen LogP contribution in [0.4, 0.5) is 0 Å². The van der Waals surface area contributed by atoms with Gasteiger partial charge in [0, 0.05) is 10.6 Å². The SMILES string of the molecule is CCC(C)C(C)(NC(=O)Cc1c(Cl)cccc1OC)C(=O)OC. The molecule has 128 valence electrons. The van der Waals surface area contributed by atoms with E-state index in [0.717, 1.165) is 6.42 Å². The fraction of sp³-hybridized carbons (Fsp3) is 0.529. The molecule has 0 spiro atoms. The first kappa shape index (κ1) is 19.3. The van der Waals surface area contributed by atoms with E-state index in [1.54, 1.807) is 25.1 Å². The van der Waals surface area contributed by atoms with E-state index in [4.69, 9.17) is 21.1 Å². The lowest BCUT2D eigenvalue weighted by Crippen LogP contribution is -2.57. The van der Waals surface area contributed by atoms with Crippen LogP contribution < -0.4 is 10.1 Å². The fourth-order valence-electron chi connectivity index (χ4n) is 2.39. The van der Waals surface area contributed by atoms with Crippen LogP contribution in [0, 0.1) is 5.92 Å². The molecule has 1 aromatic carbocycles. The van der Waals surface area contributed by atoms with E-state index in [1.165, 1.54) is 14.2 Å². The molecule has 2 atom stereocenters. The highest BCUT2D eigenvalue weighted by molar-refractivity contribution is 6.31. The summed E-state index contributed by atoms with van der Waals surface area (Å²) < 4.78 is 10.1. The summed E-state index contributed by atoms with van der Waals surface area (Å²) in [6.07, 6.45) is 0.743. The highest BCUT2D eigenvalue weighted by Crippen LogP contribution is 2.27. The second-order valence-electron chi connectivity index (χ2n) is 5.65. The number of ether oxygens (including phenoxy) is 2. The molecule has 0 aromatic heterocycles. The minimum Gasteiger partial charge on any atom is -0.496 e. The first-order chi connectivity index (χ1) is 10.8. The van der Waals surface area contributed by atoms with Gasteiger partial charge in [0.1, 0.15) is 11.3 Å². The van der Waals surface area contributed by atoms with E-state index in [2.05, 4.69) is 5.32 Å². The molecule has 6 heteroatoms. The van der Waals surface area contributed by atoms with E-state index in [1.807, 2.05) is 13.8 Å². The van der Waals surface area contributed by atoms with Gasteiger partial charge >= 0.3 is 5.97 Å². The molecule has 0 saturated carbocycles. The smallest absolute Gasteiger partial charge is 0.331 e. The number of benzene rings is 1. The van der Waals surface area contributed by atoms with Gasteiger partial charge < -0.3 is 14.8 Å². The quantitative estimate of drug-likeness (QED) is 0.774. The molecule has 0 aliphatic heterocycles. The largest absolute Gasteiger partial charge is 0.496 e. The number of carbonyl (C=O) groups excluding carboxylic acids is 2. The van der Waals surface area contributed by atoms with Crippen molar-refractivity contribution >= 4 is 23.5 Å². The minimum atomic E-state index is -1.09. The van der Waals surface area contributed by atoms with Crippen molar-refractivity contribution in [2.45, 2.75) is 39.2 Å². The Balaban J connectivity index is 3.00. The van der Waals surface area contributed by atoms with Crippen LogP contribution in [0.15, 0.2) is 18.2 Å². The Morgan fingerprint density at radius 3 is 2.52 bits per heavy atom. The van der Waals surface area contributed by atoms with E-state index in [-0.39, 0.29) is 18.2 Å². The molecule has 0 aliphatic carbocycles. The van der Waals surface area contributed by atoms with Gasteiger partial charge in [-0.05, 0) is 25.0 Å². The molecule has 0 saturated heterocycles. The average Bonchev–Trinajstić information content (AvgIpc) is 2.54. The number of halogens is 1. The maximum atomic E-state index is 12.5. The van der Waals surface area contributed by atoms with Gasteiger partial charge in [-0.3, -0.25) is 4.79 Å². The fourth-order valence-corrected chi connectivity index (χ4v) is 2.62. The molecule has 2 unspecified atom stereocenters. The summed E-state index contributed by atoms with van der Waals surface area (Å²) in [6, 6.07) is 5.18. The Morgan fingerprint density at radius 1 is 1.35 bits per heavy atom. The Bertz CT molecular complexity index is 576. The third-order valence-electron chi connectivity index (χ3n) is 4.24. The van der Waals surface area contributed by atoms with Crippen LogP contribution in [0.1, 0.15) is 32.8 Å². The zero-order chi connectivity index (χ0) is 17.6. The van der Waals surface area contributed by atoms with Gasteiger partial charge in [0.15, 0.2) is 0 Å². The number of nitrogens with one attached hydrogen (secondary N) is 1. The van der Waals surface area contributed by atoms with Crippen molar-refractivity contribution < 1.29 is 19.1 Å². The normalized spacial score (nSPS) is 14.5. The molecule has 23 heavy (non-hydrogen) atoms. The Hall–Kier alpha value is -1.75. The van der Waals surface area contributed by atoms with Crippen LogP contribution >= 0.6 is 11.6 Å². The van der Waals surface area contributed by atoms with E-state index in [0.29, 0.717) is 16.3 Å². The van der Waals surface area contributed by atoms with Crippen LogP contribution in [-0.2, 0) is 20.7 Å². The molecule has 1 amide bonds. The molecule has 0 fully saturated rings. The molecule has 5 nitrogen and oxygen atoms in total. The van der Waals surface area contributed by atoms with Crippen molar-refractivity contribution in [3.63, 3.8) is 0 Å². The van der Waals surface area contributed by atoms with Crippen LogP contribution in [0.2, 0.25) is 5.02 Å². The number of hydrogen-bond acceptors (Lipinski definition) is 4. The summed E-state index contributed by atoms with van der Waals surface area (Å²) in [6.45, 7) is 5.52. The predicted molar refractivity (Wildman–Crippen MR) is 89.7 cm³/mol. The molecule has 1 aromatic rings. The first-order valence-electron chi connectivity index (χ1n) is 7.50. The lowest BCUT2D eigenvalue weighted by Gasteiger charge is -2.33. The highest BCUT2D eigenvalue weighted by atomic mass is 35.5. The van der Waals surface area contributed by atoms with Crippen molar-refractivity contribution in [2.24, 2.45) is 5.92 Å². The third-order valence-corrected chi connectivity index (χ3v) is 4.59. The topological polar surface area (TPSA) is 64.6 Å². The van der Waals surface area contributed by atoms with Crippen molar-refractivity contribution in [2.75, 3.05) is 14.2 Å². The molecular formula is C17H24ClNO4. The minimum absolute atomic E-state index is 0.0197. The van der Waals surface area contributed by atoms with Gasteiger partial charge in [-0.1, -0.05) is 37.9 Å². The molecule has 1 rings (SSSR count). The number of amides is 1. The summed E-state index contributed by atoms with van der Waals surface area (Å²) >= 11 is 6.15. The number of hydrogen-bond donors (Lipinski definition) is 1. The van der Waals surface area contributed by atoms with E-state index in [9.17, 15) is 9.59 Å². The third kappa shape index (κ3) is 4.38. The number of esters is 1. The number of methoxy groups -OCH3 is 2. The monoisotopic (exact) mass is 341 g/mol. The summed E-state index contributed by atoms with van der Waals surface area (Å²) in [7, 11) is 2.83. The molecule has 0 radical (unpaired) electrons. The maximum Gasteiger partial charge on any atom is 0.331 e. The van der Waals surface area contributed by atoms with Crippen LogP contribution in [0.5, 0.6) is 5.75 Å². The molecule has 0 bridgehead atoms. The van der Waals surface area contributed by atoms with Crippen molar-refractivity contribution in [3.8, 4) is 5.75 Å². The Labute approximate surface area is 142 Å². The number of carbonyl (C=O) groups is 2. The lowest BCUT2D eigenvalue weighted by atomic mass is 9.84. The van der Waals surface area contributed by atoms with Crippen LogP contribution in [0.25, 0.3) is 0 Å². The second kappa shape index (κ2) is 8.20. The first-order valence-corrected chi connectivity index (χ1v) is 7.88. The molecule has 1 N–H and O–H groups in total. The van der Waals surface area contributed by atoms with Gasteiger partial charge in [0.2, 0.25) is 5.91 Å².